The Kier molecular flexibility index (Phi) is 3.08. The quantitative estimate of drug-likeness (QED) is 0.750. The van der Waals surface area contributed by atoms with Gasteiger partial charge in [0.1, 0.15) is 5.82 Å². The van der Waals surface area contributed by atoms with E-state index in [0.717, 1.165) is 24.3 Å². The Labute approximate surface area is 114 Å². The fourth-order valence-corrected chi connectivity index (χ4v) is 3.03. The second-order valence-electron chi connectivity index (χ2n) is 4.50. The number of hydrogen-bond acceptors (Lipinski definition) is 1. The van der Waals surface area contributed by atoms with Crippen molar-refractivity contribution < 1.29 is 4.39 Å². The van der Waals surface area contributed by atoms with Gasteiger partial charge < -0.3 is 4.90 Å². The highest BCUT2D eigenvalue weighted by molar-refractivity contribution is 9.08. The number of halogens is 2. The van der Waals surface area contributed by atoms with Crippen molar-refractivity contribution in [2.75, 3.05) is 4.90 Å². The van der Waals surface area contributed by atoms with Crippen molar-refractivity contribution in [3.05, 3.63) is 65.0 Å². The lowest BCUT2D eigenvalue weighted by Crippen LogP contribution is -2.16. The van der Waals surface area contributed by atoms with E-state index in [4.69, 9.17) is 0 Å². The lowest BCUT2D eigenvalue weighted by atomic mass is 10.1. The molecule has 92 valence electrons. The summed E-state index contributed by atoms with van der Waals surface area (Å²) in [5, 5.41) is 0.544. The molecule has 18 heavy (non-hydrogen) atoms. The first kappa shape index (κ1) is 11.7. The Morgan fingerprint density at radius 3 is 2.28 bits per heavy atom. The summed E-state index contributed by atoms with van der Waals surface area (Å²) in [5.74, 6) is -0.139. The van der Waals surface area contributed by atoms with Crippen LogP contribution in [0.2, 0.25) is 0 Å². The zero-order chi connectivity index (χ0) is 12.5. The molecular weight excluding hydrogens is 293 g/mol. The number of fused-ring (bicyclic) bond motifs is 1. The van der Waals surface area contributed by atoms with Gasteiger partial charge in [0, 0.05) is 29.7 Å². The second-order valence-corrected chi connectivity index (χ2v) is 5.06. The maximum absolute atomic E-state index is 13.8. The summed E-state index contributed by atoms with van der Waals surface area (Å²) < 4.78 is 13.8. The van der Waals surface area contributed by atoms with Gasteiger partial charge >= 0.3 is 0 Å². The van der Waals surface area contributed by atoms with Gasteiger partial charge in [-0.25, -0.2) is 4.39 Å². The lowest BCUT2D eigenvalue weighted by molar-refractivity contribution is 0.616. The van der Waals surface area contributed by atoms with Gasteiger partial charge in [-0.15, -0.1) is 0 Å². The van der Waals surface area contributed by atoms with Crippen LogP contribution in [0.5, 0.6) is 0 Å². The van der Waals surface area contributed by atoms with Crippen LogP contribution < -0.4 is 4.90 Å². The summed E-state index contributed by atoms with van der Waals surface area (Å²) in [5.41, 5.74) is 4.40. The number of alkyl halides is 1. The molecule has 3 heteroatoms. The van der Waals surface area contributed by atoms with Crippen LogP contribution in [0, 0.1) is 5.82 Å². The highest BCUT2D eigenvalue weighted by atomic mass is 79.9. The smallest absolute Gasteiger partial charge is 0.129 e. The Bertz CT molecular complexity index is 557. The number of nitrogens with zero attached hydrogens (tertiary/aromatic N) is 1. The molecule has 0 unspecified atom stereocenters. The zero-order valence-electron chi connectivity index (χ0n) is 9.87. The van der Waals surface area contributed by atoms with E-state index in [1.807, 2.05) is 6.07 Å². The van der Waals surface area contributed by atoms with Gasteiger partial charge in [0.15, 0.2) is 0 Å². The number of rotatable bonds is 2. The van der Waals surface area contributed by atoms with E-state index < -0.39 is 0 Å². The Morgan fingerprint density at radius 2 is 1.67 bits per heavy atom. The third-order valence-electron chi connectivity index (χ3n) is 3.41. The first-order valence-electron chi connectivity index (χ1n) is 5.94. The van der Waals surface area contributed by atoms with Gasteiger partial charge in [0.05, 0.1) is 0 Å². The Morgan fingerprint density at radius 1 is 1.00 bits per heavy atom. The molecule has 1 aliphatic rings. The van der Waals surface area contributed by atoms with E-state index in [-0.39, 0.29) is 5.82 Å². The lowest BCUT2D eigenvalue weighted by Gasteiger charge is -2.21. The van der Waals surface area contributed by atoms with E-state index in [1.165, 1.54) is 17.2 Å². The molecule has 0 aliphatic carbocycles. The molecular formula is C15H13BrFN. The van der Waals surface area contributed by atoms with Gasteiger partial charge in [0.2, 0.25) is 0 Å². The van der Waals surface area contributed by atoms with E-state index in [1.54, 1.807) is 6.07 Å². The summed E-state index contributed by atoms with van der Waals surface area (Å²) in [7, 11) is 0. The van der Waals surface area contributed by atoms with Crippen molar-refractivity contribution in [3.63, 3.8) is 0 Å². The van der Waals surface area contributed by atoms with Crippen molar-refractivity contribution in [1.82, 2.24) is 0 Å². The van der Waals surface area contributed by atoms with E-state index in [0.29, 0.717) is 5.33 Å². The summed E-state index contributed by atoms with van der Waals surface area (Å²) in [6.07, 6.45) is 0. The molecule has 1 aliphatic heterocycles. The minimum atomic E-state index is -0.139. The van der Waals surface area contributed by atoms with Crippen molar-refractivity contribution in [1.29, 1.82) is 0 Å². The predicted molar refractivity (Wildman–Crippen MR) is 75.4 cm³/mol. The maximum atomic E-state index is 13.8. The summed E-state index contributed by atoms with van der Waals surface area (Å²) >= 11 is 3.37. The Balaban J connectivity index is 1.97. The molecule has 0 spiro atoms. The second kappa shape index (κ2) is 4.73. The molecule has 0 saturated heterocycles. The highest BCUT2D eigenvalue weighted by Gasteiger charge is 2.21. The molecule has 0 fully saturated rings. The molecule has 0 saturated carbocycles. The number of anilines is 1. The largest absolute Gasteiger partial charge is 0.363 e. The van der Waals surface area contributed by atoms with Gasteiger partial charge in [-0.2, -0.15) is 0 Å². The fourth-order valence-electron chi connectivity index (χ4n) is 2.48. The SMILES string of the molecule is Fc1cccc(N2Cc3ccccc3C2)c1CBr. The van der Waals surface area contributed by atoms with E-state index in [9.17, 15) is 4.39 Å². The van der Waals surface area contributed by atoms with Gasteiger partial charge in [-0.05, 0) is 23.3 Å². The first-order chi connectivity index (χ1) is 8.79. The van der Waals surface area contributed by atoms with Crippen LogP contribution >= 0.6 is 15.9 Å². The maximum Gasteiger partial charge on any atom is 0.129 e. The minimum absolute atomic E-state index is 0.139. The molecule has 0 radical (unpaired) electrons. The highest BCUT2D eigenvalue weighted by Crippen LogP contribution is 2.32. The molecule has 2 aromatic carbocycles. The van der Waals surface area contributed by atoms with Crippen LogP contribution in [-0.4, -0.2) is 0 Å². The van der Waals surface area contributed by atoms with Crippen molar-refractivity contribution in [2.45, 2.75) is 18.4 Å². The topological polar surface area (TPSA) is 3.24 Å². The third-order valence-corrected chi connectivity index (χ3v) is 3.97. The van der Waals surface area contributed by atoms with E-state index in [2.05, 4.69) is 45.1 Å². The molecule has 2 aromatic rings. The van der Waals surface area contributed by atoms with Crippen molar-refractivity contribution >= 4 is 21.6 Å². The van der Waals surface area contributed by atoms with Gasteiger partial charge in [0.25, 0.3) is 0 Å². The van der Waals surface area contributed by atoms with Crippen LogP contribution in [0.3, 0.4) is 0 Å². The molecule has 1 heterocycles. The number of hydrogen-bond donors (Lipinski definition) is 0. The van der Waals surface area contributed by atoms with Crippen LogP contribution in [0.25, 0.3) is 0 Å². The molecule has 0 amide bonds. The van der Waals surface area contributed by atoms with Crippen molar-refractivity contribution in [3.8, 4) is 0 Å². The van der Waals surface area contributed by atoms with Crippen LogP contribution in [0.1, 0.15) is 16.7 Å². The first-order valence-corrected chi connectivity index (χ1v) is 7.07. The standard InChI is InChI=1S/C15H13BrFN/c16-8-13-14(17)6-3-7-15(13)18-9-11-4-1-2-5-12(11)10-18/h1-7H,8-10H2. The monoisotopic (exact) mass is 305 g/mol. The van der Waals surface area contributed by atoms with Crippen LogP contribution in [0.15, 0.2) is 42.5 Å². The fraction of sp³-hybridized carbons (Fsp3) is 0.200. The summed E-state index contributed by atoms with van der Waals surface area (Å²) in [4.78, 5) is 2.23. The zero-order valence-corrected chi connectivity index (χ0v) is 11.5. The van der Waals surface area contributed by atoms with Gasteiger partial charge in [-0.1, -0.05) is 46.3 Å². The van der Waals surface area contributed by atoms with Gasteiger partial charge in [-0.3, -0.25) is 0 Å². The third kappa shape index (κ3) is 1.93. The predicted octanol–water partition coefficient (Wildman–Crippen LogP) is 4.24. The van der Waals surface area contributed by atoms with Crippen LogP contribution in [0.4, 0.5) is 10.1 Å². The summed E-state index contributed by atoms with van der Waals surface area (Å²) in [6, 6.07) is 13.7. The molecule has 0 aromatic heterocycles. The summed E-state index contributed by atoms with van der Waals surface area (Å²) in [6.45, 7) is 1.72. The molecule has 0 atom stereocenters. The normalized spacial score (nSPS) is 13.8. The minimum Gasteiger partial charge on any atom is -0.363 e. The number of benzene rings is 2. The van der Waals surface area contributed by atoms with E-state index >= 15 is 0 Å². The molecule has 3 rings (SSSR count). The Hall–Kier alpha value is -1.35. The average molecular weight is 306 g/mol. The molecule has 0 bridgehead atoms. The van der Waals surface area contributed by atoms with Crippen LogP contribution in [-0.2, 0) is 18.4 Å². The van der Waals surface area contributed by atoms with Crippen molar-refractivity contribution in [2.24, 2.45) is 0 Å². The molecule has 0 N–H and O–H groups in total. The molecule has 1 nitrogen and oxygen atoms in total. The average Bonchev–Trinajstić information content (AvgIpc) is 2.82.